The van der Waals surface area contributed by atoms with Gasteiger partial charge in [-0.15, -0.1) is 0 Å². The number of non-ortho nitro benzene ring substituents is 1. The van der Waals surface area contributed by atoms with Crippen LogP contribution in [0.15, 0.2) is 36.4 Å². The molecule has 0 amide bonds. The van der Waals surface area contributed by atoms with Gasteiger partial charge in [0, 0.05) is 17.7 Å². The van der Waals surface area contributed by atoms with Crippen molar-refractivity contribution >= 4 is 5.69 Å². The summed E-state index contributed by atoms with van der Waals surface area (Å²) in [5.74, 6) is 3.99. The molecule has 1 aromatic carbocycles. The Labute approximate surface area is 94.7 Å². The van der Waals surface area contributed by atoms with Crippen LogP contribution in [0.25, 0.3) is 0 Å². The van der Waals surface area contributed by atoms with Crippen LogP contribution in [-0.2, 0) is 0 Å². The molecule has 0 aliphatic rings. The lowest BCUT2D eigenvalue weighted by atomic mass is 10.2. The third-order valence-corrected chi connectivity index (χ3v) is 1.76. The Bertz CT molecular complexity index is 523. The number of halogens is 3. The van der Waals surface area contributed by atoms with Crippen molar-refractivity contribution in [3.63, 3.8) is 0 Å². The lowest BCUT2D eigenvalue weighted by Gasteiger charge is -2.01. The summed E-state index contributed by atoms with van der Waals surface area (Å²) < 4.78 is 36.1. The van der Waals surface area contributed by atoms with Gasteiger partial charge in [-0.3, -0.25) is 10.1 Å². The molecule has 0 bridgehead atoms. The van der Waals surface area contributed by atoms with E-state index in [1.807, 2.05) is 5.92 Å². The normalized spacial score (nSPS) is 10.3. The first-order valence-corrected chi connectivity index (χ1v) is 4.33. The van der Waals surface area contributed by atoms with Crippen molar-refractivity contribution in [3.05, 3.63) is 52.1 Å². The number of rotatable bonds is 1. The number of hydrogen-bond acceptors (Lipinski definition) is 2. The molecule has 0 fully saturated rings. The van der Waals surface area contributed by atoms with E-state index in [0.29, 0.717) is 0 Å². The molecule has 0 saturated heterocycles. The predicted molar refractivity (Wildman–Crippen MR) is 55.2 cm³/mol. The first-order chi connectivity index (χ1) is 7.80. The summed E-state index contributed by atoms with van der Waals surface area (Å²) in [4.78, 5) is 9.76. The molecule has 0 saturated carbocycles. The molecule has 0 atom stereocenters. The number of nitro benzene ring substituents is 1. The maximum absolute atomic E-state index is 12.0. The van der Waals surface area contributed by atoms with Crippen LogP contribution in [0.4, 0.5) is 18.9 Å². The fourth-order valence-electron chi connectivity index (χ4n) is 0.916. The molecule has 1 aromatic rings. The Morgan fingerprint density at radius 2 is 2.06 bits per heavy atom. The highest BCUT2D eigenvalue weighted by Gasteiger charge is 2.30. The maximum atomic E-state index is 12.0. The second kappa shape index (κ2) is 4.70. The van der Waals surface area contributed by atoms with E-state index in [4.69, 9.17) is 0 Å². The van der Waals surface area contributed by atoms with E-state index in [2.05, 4.69) is 12.5 Å². The SMILES string of the molecule is C=C(C#Cc1cccc([N+](=O)[O-])c1)C(F)(F)F. The van der Waals surface area contributed by atoms with Gasteiger partial charge in [0.15, 0.2) is 0 Å². The highest BCUT2D eigenvalue weighted by atomic mass is 19.4. The summed E-state index contributed by atoms with van der Waals surface area (Å²) in [6.45, 7) is 2.77. The zero-order chi connectivity index (χ0) is 13.1. The van der Waals surface area contributed by atoms with Gasteiger partial charge in [0.05, 0.1) is 10.5 Å². The van der Waals surface area contributed by atoms with Crippen LogP contribution in [0.2, 0.25) is 0 Å². The molecular formula is C11H6F3NO2. The Morgan fingerprint density at radius 3 is 2.59 bits per heavy atom. The van der Waals surface area contributed by atoms with Gasteiger partial charge in [0.25, 0.3) is 5.69 Å². The molecule has 0 spiro atoms. The highest BCUT2D eigenvalue weighted by Crippen LogP contribution is 2.23. The van der Waals surface area contributed by atoms with Gasteiger partial charge in [-0.1, -0.05) is 24.5 Å². The largest absolute Gasteiger partial charge is 0.423 e. The van der Waals surface area contributed by atoms with E-state index >= 15 is 0 Å². The predicted octanol–water partition coefficient (Wildman–Crippen LogP) is 3.06. The van der Waals surface area contributed by atoms with E-state index in [1.165, 1.54) is 18.2 Å². The van der Waals surface area contributed by atoms with Crippen molar-refractivity contribution in [2.24, 2.45) is 0 Å². The fourth-order valence-corrected chi connectivity index (χ4v) is 0.916. The van der Waals surface area contributed by atoms with Crippen molar-refractivity contribution in [1.29, 1.82) is 0 Å². The van der Waals surface area contributed by atoms with Gasteiger partial charge in [-0.25, -0.2) is 0 Å². The Hall–Kier alpha value is -2.29. The summed E-state index contributed by atoms with van der Waals surface area (Å²) in [5, 5.41) is 10.4. The molecule has 0 aliphatic carbocycles. The van der Waals surface area contributed by atoms with Gasteiger partial charge >= 0.3 is 6.18 Å². The molecule has 0 heterocycles. The van der Waals surface area contributed by atoms with E-state index in [1.54, 1.807) is 0 Å². The fraction of sp³-hybridized carbons (Fsp3) is 0.0909. The quantitative estimate of drug-likeness (QED) is 0.431. The van der Waals surface area contributed by atoms with E-state index in [-0.39, 0.29) is 11.3 Å². The second-order valence-electron chi connectivity index (χ2n) is 3.03. The van der Waals surface area contributed by atoms with Crippen LogP contribution in [0.1, 0.15) is 5.56 Å². The Morgan fingerprint density at radius 1 is 1.41 bits per heavy atom. The van der Waals surface area contributed by atoms with Crippen LogP contribution in [-0.4, -0.2) is 11.1 Å². The molecule has 1 rings (SSSR count). The first kappa shape index (κ1) is 12.8. The highest BCUT2D eigenvalue weighted by molar-refractivity contribution is 5.46. The zero-order valence-corrected chi connectivity index (χ0v) is 8.41. The minimum atomic E-state index is -4.58. The van der Waals surface area contributed by atoms with Crippen molar-refractivity contribution in [3.8, 4) is 11.8 Å². The standard InChI is InChI=1S/C11H6F3NO2/c1-8(11(12,13)14)5-6-9-3-2-4-10(7-9)15(16)17/h2-4,7H,1H2. The molecule has 0 unspecified atom stereocenters. The lowest BCUT2D eigenvalue weighted by Crippen LogP contribution is -2.08. The number of allylic oxidation sites excluding steroid dienone is 1. The molecule has 17 heavy (non-hydrogen) atoms. The van der Waals surface area contributed by atoms with Crippen LogP contribution in [0.3, 0.4) is 0 Å². The lowest BCUT2D eigenvalue weighted by molar-refractivity contribution is -0.384. The smallest absolute Gasteiger partial charge is 0.258 e. The number of benzene rings is 1. The molecular weight excluding hydrogens is 235 g/mol. The van der Waals surface area contributed by atoms with Crippen molar-refractivity contribution in [2.75, 3.05) is 0 Å². The van der Waals surface area contributed by atoms with Gasteiger partial charge in [-0.05, 0) is 6.07 Å². The van der Waals surface area contributed by atoms with Gasteiger partial charge in [0.2, 0.25) is 0 Å². The average molecular weight is 241 g/mol. The molecule has 0 aliphatic heterocycles. The van der Waals surface area contributed by atoms with Gasteiger partial charge < -0.3 is 0 Å². The minimum Gasteiger partial charge on any atom is -0.258 e. The molecule has 0 N–H and O–H groups in total. The summed E-state index contributed by atoms with van der Waals surface area (Å²) in [6, 6.07) is 5.04. The molecule has 0 aromatic heterocycles. The number of alkyl halides is 3. The van der Waals surface area contributed by atoms with Crippen LogP contribution >= 0.6 is 0 Å². The zero-order valence-electron chi connectivity index (χ0n) is 8.41. The molecule has 0 radical (unpaired) electrons. The van der Waals surface area contributed by atoms with Gasteiger partial charge in [0.1, 0.15) is 0 Å². The van der Waals surface area contributed by atoms with Crippen LogP contribution in [0, 0.1) is 22.0 Å². The van der Waals surface area contributed by atoms with Crippen LogP contribution < -0.4 is 0 Å². The van der Waals surface area contributed by atoms with E-state index < -0.39 is 16.7 Å². The van der Waals surface area contributed by atoms with Crippen molar-refractivity contribution in [2.45, 2.75) is 6.18 Å². The summed E-state index contributed by atoms with van der Waals surface area (Å²) in [6.07, 6.45) is -4.58. The monoisotopic (exact) mass is 241 g/mol. The molecule has 3 nitrogen and oxygen atoms in total. The van der Waals surface area contributed by atoms with Crippen molar-refractivity contribution < 1.29 is 18.1 Å². The Balaban J connectivity index is 2.97. The maximum Gasteiger partial charge on any atom is 0.423 e. The number of nitro groups is 1. The third kappa shape index (κ3) is 3.65. The van der Waals surface area contributed by atoms with Gasteiger partial charge in [-0.2, -0.15) is 13.2 Å². The number of hydrogen-bond donors (Lipinski definition) is 0. The van der Waals surface area contributed by atoms with E-state index in [0.717, 1.165) is 6.07 Å². The minimum absolute atomic E-state index is 0.129. The average Bonchev–Trinajstić information content (AvgIpc) is 2.25. The molecule has 88 valence electrons. The Kier molecular flexibility index (Phi) is 3.53. The summed E-state index contributed by atoms with van der Waals surface area (Å²) >= 11 is 0. The molecule has 6 heteroatoms. The topological polar surface area (TPSA) is 43.1 Å². The first-order valence-electron chi connectivity index (χ1n) is 4.33. The number of nitrogens with zero attached hydrogens (tertiary/aromatic N) is 1. The second-order valence-corrected chi connectivity index (χ2v) is 3.03. The third-order valence-electron chi connectivity index (χ3n) is 1.76. The summed E-state index contributed by atoms with van der Waals surface area (Å²) in [7, 11) is 0. The van der Waals surface area contributed by atoms with E-state index in [9.17, 15) is 23.3 Å². The summed E-state index contributed by atoms with van der Waals surface area (Å²) in [5.41, 5.74) is -1.29. The van der Waals surface area contributed by atoms with Crippen molar-refractivity contribution in [1.82, 2.24) is 0 Å². The van der Waals surface area contributed by atoms with Crippen LogP contribution in [0.5, 0.6) is 0 Å².